The van der Waals surface area contributed by atoms with E-state index in [0.717, 1.165) is 0 Å². The first-order valence-electron chi connectivity index (χ1n) is 5.61. The highest BCUT2D eigenvalue weighted by atomic mass is 16.6. The quantitative estimate of drug-likeness (QED) is 0.493. The molecule has 1 aliphatic heterocycles. The molecule has 0 aliphatic carbocycles. The van der Waals surface area contributed by atoms with Gasteiger partial charge < -0.3 is 19.5 Å². The van der Waals surface area contributed by atoms with Crippen molar-refractivity contribution in [1.29, 1.82) is 0 Å². The fourth-order valence-electron chi connectivity index (χ4n) is 1.29. The Kier molecular flexibility index (Phi) is 5.37. The minimum atomic E-state index is -0.631. The standard InChI is InChI=1S/C11H19NO5/c1-7(2)10(11(14)15-3)12-9(13)6-16-4-8-5-17-8/h7-8,10H,4-6H2,1-3H3,(H,12,13). The van der Waals surface area contributed by atoms with Gasteiger partial charge in [0.25, 0.3) is 0 Å². The van der Waals surface area contributed by atoms with E-state index in [9.17, 15) is 9.59 Å². The number of nitrogens with one attached hydrogen (secondary N) is 1. The topological polar surface area (TPSA) is 77.2 Å². The highest BCUT2D eigenvalue weighted by Gasteiger charge is 2.26. The zero-order valence-corrected chi connectivity index (χ0v) is 10.4. The van der Waals surface area contributed by atoms with Crippen molar-refractivity contribution in [3.63, 3.8) is 0 Å². The molecule has 0 radical (unpaired) electrons. The fourth-order valence-corrected chi connectivity index (χ4v) is 1.29. The number of ether oxygens (including phenoxy) is 3. The van der Waals surface area contributed by atoms with Gasteiger partial charge in [0.2, 0.25) is 5.91 Å². The normalized spacial score (nSPS) is 19.9. The Morgan fingerprint density at radius 2 is 2.12 bits per heavy atom. The van der Waals surface area contributed by atoms with E-state index in [0.29, 0.717) is 13.2 Å². The lowest BCUT2D eigenvalue weighted by Gasteiger charge is -2.19. The Balaban J connectivity index is 2.26. The summed E-state index contributed by atoms with van der Waals surface area (Å²) in [5.41, 5.74) is 0. The van der Waals surface area contributed by atoms with Gasteiger partial charge in [0.1, 0.15) is 18.8 Å². The van der Waals surface area contributed by atoms with Gasteiger partial charge in [-0.1, -0.05) is 13.8 Å². The van der Waals surface area contributed by atoms with Crippen LogP contribution in [0.15, 0.2) is 0 Å². The van der Waals surface area contributed by atoms with Gasteiger partial charge in [-0.3, -0.25) is 4.79 Å². The van der Waals surface area contributed by atoms with Gasteiger partial charge in [-0.15, -0.1) is 0 Å². The number of carbonyl (C=O) groups excluding carboxylic acids is 2. The summed E-state index contributed by atoms with van der Waals surface area (Å²) in [4.78, 5) is 22.9. The third-order valence-electron chi connectivity index (χ3n) is 2.38. The van der Waals surface area contributed by atoms with Crippen LogP contribution in [0.25, 0.3) is 0 Å². The summed E-state index contributed by atoms with van der Waals surface area (Å²) in [5.74, 6) is -0.799. The second-order valence-corrected chi connectivity index (χ2v) is 4.28. The van der Waals surface area contributed by atoms with E-state index in [1.54, 1.807) is 0 Å². The molecule has 1 fully saturated rings. The number of hydrogen-bond acceptors (Lipinski definition) is 5. The molecule has 6 heteroatoms. The van der Waals surface area contributed by atoms with Gasteiger partial charge in [0, 0.05) is 0 Å². The van der Waals surface area contributed by atoms with Gasteiger partial charge in [0.05, 0.1) is 20.3 Å². The average molecular weight is 245 g/mol. The van der Waals surface area contributed by atoms with E-state index >= 15 is 0 Å². The molecule has 0 aromatic carbocycles. The van der Waals surface area contributed by atoms with Crippen molar-refractivity contribution in [2.75, 3.05) is 26.9 Å². The molecule has 1 rings (SSSR count). The summed E-state index contributed by atoms with van der Waals surface area (Å²) < 4.78 is 14.7. The highest BCUT2D eigenvalue weighted by molar-refractivity contribution is 5.85. The third kappa shape index (κ3) is 5.14. The molecule has 2 unspecified atom stereocenters. The first-order valence-corrected chi connectivity index (χ1v) is 5.61. The second-order valence-electron chi connectivity index (χ2n) is 4.28. The SMILES string of the molecule is COC(=O)C(NC(=O)COCC1CO1)C(C)C. The lowest BCUT2D eigenvalue weighted by Crippen LogP contribution is -2.46. The zero-order valence-electron chi connectivity index (χ0n) is 10.4. The predicted molar refractivity (Wildman–Crippen MR) is 59.3 cm³/mol. The van der Waals surface area contributed by atoms with E-state index in [1.165, 1.54) is 7.11 Å². The maximum atomic E-state index is 11.5. The van der Waals surface area contributed by atoms with Gasteiger partial charge in [-0.2, -0.15) is 0 Å². The molecular weight excluding hydrogens is 226 g/mol. The Labute approximate surface area is 101 Å². The summed E-state index contributed by atoms with van der Waals surface area (Å²) in [5, 5.41) is 2.58. The van der Waals surface area contributed by atoms with Crippen LogP contribution >= 0.6 is 0 Å². The molecule has 1 N–H and O–H groups in total. The van der Waals surface area contributed by atoms with Crippen LogP contribution in [0.1, 0.15) is 13.8 Å². The highest BCUT2D eigenvalue weighted by Crippen LogP contribution is 2.08. The number of amides is 1. The minimum Gasteiger partial charge on any atom is -0.467 e. The van der Waals surface area contributed by atoms with Crippen LogP contribution in [-0.2, 0) is 23.8 Å². The number of rotatable bonds is 7. The molecule has 0 saturated carbocycles. The Morgan fingerprint density at radius 3 is 2.59 bits per heavy atom. The van der Waals surface area contributed by atoms with Crippen LogP contribution in [0.2, 0.25) is 0 Å². The fraction of sp³-hybridized carbons (Fsp3) is 0.818. The monoisotopic (exact) mass is 245 g/mol. The first-order chi connectivity index (χ1) is 8.04. The largest absolute Gasteiger partial charge is 0.467 e. The van der Waals surface area contributed by atoms with E-state index in [4.69, 9.17) is 9.47 Å². The Hall–Kier alpha value is -1.14. The molecule has 1 aliphatic rings. The van der Waals surface area contributed by atoms with Crippen molar-refractivity contribution < 1.29 is 23.8 Å². The van der Waals surface area contributed by atoms with E-state index in [2.05, 4.69) is 10.1 Å². The van der Waals surface area contributed by atoms with E-state index in [1.807, 2.05) is 13.8 Å². The van der Waals surface area contributed by atoms with Crippen molar-refractivity contribution in [1.82, 2.24) is 5.32 Å². The molecular formula is C11H19NO5. The average Bonchev–Trinajstić information content (AvgIpc) is 3.08. The van der Waals surface area contributed by atoms with Crippen LogP contribution in [-0.4, -0.2) is 51.0 Å². The molecule has 0 bridgehead atoms. The number of carbonyl (C=O) groups is 2. The summed E-state index contributed by atoms with van der Waals surface area (Å²) in [7, 11) is 1.30. The summed E-state index contributed by atoms with van der Waals surface area (Å²) in [6.45, 7) is 4.71. The maximum Gasteiger partial charge on any atom is 0.328 e. The molecule has 1 saturated heterocycles. The zero-order chi connectivity index (χ0) is 12.8. The Morgan fingerprint density at radius 1 is 1.47 bits per heavy atom. The Bertz CT molecular complexity index is 275. The molecule has 2 atom stereocenters. The molecule has 98 valence electrons. The van der Waals surface area contributed by atoms with Crippen molar-refractivity contribution >= 4 is 11.9 Å². The molecule has 0 aromatic rings. The lowest BCUT2D eigenvalue weighted by atomic mass is 10.0. The number of epoxide rings is 1. The molecule has 0 spiro atoms. The van der Waals surface area contributed by atoms with Crippen LogP contribution < -0.4 is 5.32 Å². The number of esters is 1. The van der Waals surface area contributed by atoms with Gasteiger partial charge in [-0.05, 0) is 5.92 Å². The lowest BCUT2D eigenvalue weighted by molar-refractivity contribution is -0.147. The van der Waals surface area contributed by atoms with Crippen molar-refractivity contribution in [2.45, 2.75) is 26.0 Å². The number of methoxy groups -OCH3 is 1. The number of hydrogen-bond donors (Lipinski definition) is 1. The molecule has 1 heterocycles. The third-order valence-corrected chi connectivity index (χ3v) is 2.38. The van der Waals surface area contributed by atoms with Crippen LogP contribution in [0.5, 0.6) is 0 Å². The van der Waals surface area contributed by atoms with Crippen molar-refractivity contribution in [3.05, 3.63) is 0 Å². The van der Waals surface area contributed by atoms with Gasteiger partial charge >= 0.3 is 5.97 Å². The van der Waals surface area contributed by atoms with Crippen LogP contribution in [0.4, 0.5) is 0 Å². The summed E-state index contributed by atoms with van der Waals surface area (Å²) in [6.07, 6.45) is 0.129. The summed E-state index contributed by atoms with van der Waals surface area (Å²) in [6, 6.07) is -0.631. The van der Waals surface area contributed by atoms with E-state index < -0.39 is 12.0 Å². The molecule has 6 nitrogen and oxygen atoms in total. The summed E-state index contributed by atoms with van der Waals surface area (Å²) >= 11 is 0. The van der Waals surface area contributed by atoms with Crippen molar-refractivity contribution in [2.24, 2.45) is 5.92 Å². The second kappa shape index (κ2) is 6.56. The van der Waals surface area contributed by atoms with E-state index in [-0.39, 0.29) is 24.5 Å². The molecule has 1 amide bonds. The molecule has 0 aromatic heterocycles. The van der Waals surface area contributed by atoms with Gasteiger partial charge in [-0.25, -0.2) is 4.79 Å². The first kappa shape index (κ1) is 13.9. The van der Waals surface area contributed by atoms with Crippen molar-refractivity contribution in [3.8, 4) is 0 Å². The maximum absolute atomic E-state index is 11.5. The van der Waals surface area contributed by atoms with Crippen LogP contribution in [0.3, 0.4) is 0 Å². The predicted octanol–water partition coefficient (Wildman–Crippen LogP) is -0.284. The minimum absolute atomic E-state index is 0.0295. The van der Waals surface area contributed by atoms with Gasteiger partial charge in [0.15, 0.2) is 0 Å². The smallest absolute Gasteiger partial charge is 0.328 e. The van der Waals surface area contributed by atoms with Crippen LogP contribution in [0, 0.1) is 5.92 Å². The molecule has 17 heavy (non-hydrogen) atoms.